The van der Waals surface area contributed by atoms with Crippen LogP contribution in [-0.2, 0) is 10.0 Å². The first-order valence-corrected chi connectivity index (χ1v) is 10.4. The number of nitrogens with zero attached hydrogens (tertiary/aromatic N) is 3. The summed E-state index contributed by atoms with van der Waals surface area (Å²) >= 11 is 6.09. The second-order valence-corrected chi connectivity index (χ2v) is 8.77. The van der Waals surface area contributed by atoms with Gasteiger partial charge in [0.15, 0.2) is 0 Å². The number of hydrogen-bond donors (Lipinski definition) is 0. The molecule has 1 aromatic heterocycles. The van der Waals surface area contributed by atoms with Gasteiger partial charge in [0, 0.05) is 11.6 Å². The van der Waals surface area contributed by atoms with Crippen LogP contribution in [0.4, 0.5) is 0 Å². The quantitative estimate of drug-likeness (QED) is 0.667. The van der Waals surface area contributed by atoms with Crippen molar-refractivity contribution in [2.24, 2.45) is 0 Å². The molecule has 1 saturated heterocycles. The van der Waals surface area contributed by atoms with Gasteiger partial charge in [-0.1, -0.05) is 29.8 Å². The summed E-state index contributed by atoms with van der Waals surface area (Å²) < 4.78 is 33.3. The molecule has 27 heavy (non-hydrogen) atoms. The van der Waals surface area contributed by atoms with Crippen LogP contribution in [0.15, 0.2) is 53.6 Å². The molecule has 0 bridgehead atoms. The molecule has 0 N–H and O–H groups in total. The Kier molecular flexibility index (Phi) is 4.75. The van der Waals surface area contributed by atoms with E-state index in [-0.39, 0.29) is 17.5 Å². The molecule has 4 rings (SSSR count). The first-order valence-electron chi connectivity index (χ1n) is 8.59. The van der Waals surface area contributed by atoms with Gasteiger partial charge in [-0.25, -0.2) is 18.4 Å². The third-order valence-corrected chi connectivity index (χ3v) is 7.08. The van der Waals surface area contributed by atoms with Crippen molar-refractivity contribution < 1.29 is 13.2 Å². The van der Waals surface area contributed by atoms with E-state index >= 15 is 0 Å². The standard InChI is InChI=1S/C19H18ClN3O3S/c1-13-15(20)5-4-8-18(13)27(24,25)23-10-9-14(12-23)26-19-11-21-16-6-2-3-7-17(16)22-19/h2-8,11,14H,9-10,12H2,1H3. The van der Waals surface area contributed by atoms with Gasteiger partial charge in [0.2, 0.25) is 15.9 Å². The zero-order chi connectivity index (χ0) is 19.0. The van der Waals surface area contributed by atoms with E-state index in [1.54, 1.807) is 31.3 Å². The SMILES string of the molecule is Cc1c(Cl)cccc1S(=O)(=O)N1CCC(Oc2cnc3ccccc3n2)C1. The molecular weight excluding hydrogens is 386 g/mol. The molecule has 6 nitrogen and oxygen atoms in total. The summed E-state index contributed by atoms with van der Waals surface area (Å²) in [6.45, 7) is 2.37. The molecule has 0 spiro atoms. The number of sulfonamides is 1. The molecule has 1 aliphatic rings. The van der Waals surface area contributed by atoms with Crippen molar-refractivity contribution in [2.75, 3.05) is 13.1 Å². The van der Waals surface area contributed by atoms with E-state index in [2.05, 4.69) is 9.97 Å². The Bertz CT molecular complexity index is 1100. The minimum atomic E-state index is -3.62. The lowest BCUT2D eigenvalue weighted by Gasteiger charge is -2.18. The Labute approximate surface area is 162 Å². The van der Waals surface area contributed by atoms with Crippen molar-refractivity contribution in [3.63, 3.8) is 0 Å². The van der Waals surface area contributed by atoms with E-state index in [0.717, 1.165) is 11.0 Å². The Morgan fingerprint density at radius 1 is 1.15 bits per heavy atom. The molecule has 3 aromatic rings. The Morgan fingerprint density at radius 2 is 1.93 bits per heavy atom. The molecule has 1 atom stereocenters. The second-order valence-electron chi connectivity index (χ2n) is 6.45. The second kappa shape index (κ2) is 7.07. The van der Waals surface area contributed by atoms with Crippen LogP contribution >= 0.6 is 11.6 Å². The van der Waals surface area contributed by atoms with Crippen LogP contribution < -0.4 is 4.74 Å². The fourth-order valence-corrected chi connectivity index (χ4v) is 5.15. The van der Waals surface area contributed by atoms with E-state index < -0.39 is 10.0 Å². The van der Waals surface area contributed by atoms with Crippen LogP contribution in [0.3, 0.4) is 0 Å². The fourth-order valence-electron chi connectivity index (χ4n) is 3.19. The number of hydrogen-bond acceptors (Lipinski definition) is 5. The zero-order valence-corrected chi connectivity index (χ0v) is 16.2. The van der Waals surface area contributed by atoms with E-state index in [0.29, 0.717) is 29.4 Å². The monoisotopic (exact) mass is 403 g/mol. The van der Waals surface area contributed by atoms with Crippen LogP contribution in [-0.4, -0.2) is 41.9 Å². The maximum absolute atomic E-state index is 13.0. The maximum Gasteiger partial charge on any atom is 0.243 e. The number of halogens is 1. The van der Waals surface area contributed by atoms with Gasteiger partial charge in [-0.05, 0) is 43.2 Å². The minimum Gasteiger partial charge on any atom is -0.472 e. The normalized spacial score (nSPS) is 18.1. The first-order chi connectivity index (χ1) is 12.9. The highest BCUT2D eigenvalue weighted by atomic mass is 35.5. The summed E-state index contributed by atoms with van der Waals surface area (Å²) in [6.07, 6.45) is 1.89. The van der Waals surface area contributed by atoms with Gasteiger partial charge in [0.05, 0.1) is 28.7 Å². The lowest BCUT2D eigenvalue weighted by Crippen LogP contribution is -2.31. The molecule has 1 unspecified atom stereocenters. The van der Waals surface area contributed by atoms with Crippen LogP contribution in [0.5, 0.6) is 5.88 Å². The van der Waals surface area contributed by atoms with Crippen LogP contribution in [0.1, 0.15) is 12.0 Å². The molecule has 8 heteroatoms. The molecule has 140 valence electrons. The average molecular weight is 404 g/mol. The summed E-state index contributed by atoms with van der Waals surface area (Å²) in [5.41, 5.74) is 2.09. The molecule has 2 aromatic carbocycles. The van der Waals surface area contributed by atoms with Gasteiger partial charge in [0.25, 0.3) is 0 Å². The van der Waals surface area contributed by atoms with Gasteiger partial charge in [-0.15, -0.1) is 0 Å². The Balaban J connectivity index is 1.51. The van der Waals surface area contributed by atoms with Gasteiger partial charge < -0.3 is 4.74 Å². The van der Waals surface area contributed by atoms with Gasteiger partial charge >= 0.3 is 0 Å². The van der Waals surface area contributed by atoms with Gasteiger partial charge in [-0.3, -0.25) is 0 Å². The highest BCUT2D eigenvalue weighted by Gasteiger charge is 2.34. The lowest BCUT2D eigenvalue weighted by molar-refractivity contribution is 0.207. The number of aromatic nitrogens is 2. The third kappa shape index (κ3) is 3.50. The zero-order valence-electron chi connectivity index (χ0n) is 14.7. The summed E-state index contributed by atoms with van der Waals surface area (Å²) in [5, 5.41) is 0.439. The molecular formula is C19H18ClN3O3S. The van der Waals surface area contributed by atoms with Crippen molar-refractivity contribution >= 4 is 32.7 Å². The molecule has 0 saturated carbocycles. The van der Waals surface area contributed by atoms with Gasteiger partial charge in [0.1, 0.15) is 6.10 Å². The summed E-state index contributed by atoms with van der Waals surface area (Å²) in [6, 6.07) is 12.4. The highest BCUT2D eigenvalue weighted by Crippen LogP contribution is 2.28. The molecule has 1 aliphatic heterocycles. The highest BCUT2D eigenvalue weighted by molar-refractivity contribution is 7.89. The van der Waals surface area contributed by atoms with E-state index in [1.165, 1.54) is 4.31 Å². The largest absolute Gasteiger partial charge is 0.472 e. The molecule has 1 fully saturated rings. The Morgan fingerprint density at radius 3 is 2.74 bits per heavy atom. The smallest absolute Gasteiger partial charge is 0.243 e. The third-order valence-electron chi connectivity index (χ3n) is 4.66. The first kappa shape index (κ1) is 18.2. The van der Waals surface area contributed by atoms with Crippen molar-refractivity contribution in [2.45, 2.75) is 24.3 Å². The average Bonchev–Trinajstić information content (AvgIpc) is 3.13. The van der Waals surface area contributed by atoms with Crippen molar-refractivity contribution in [3.05, 3.63) is 59.2 Å². The molecule has 0 amide bonds. The van der Waals surface area contributed by atoms with Crippen molar-refractivity contribution in [1.29, 1.82) is 0 Å². The number of para-hydroxylation sites is 2. The molecule has 2 heterocycles. The molecule has 0 aliphatic carbocycles. The number of rotatable bonds is 4. The number of ether oxygens (including phenoxy) is 1. The number of benzene rings is 2. The van der Waals surface area contributed by atoms with Crippen LogP contribution in [0.25, 0.3) is 11.0 Å². The summed E-state index contributed by atoms with van der Waals surface area (Å²) in [4.78, 5) is 9.00. The van der Waals surface area contributed by atoms with Crippen molar-refractivity contribution in [3.8, 4) is 5.88 Å². The minimum absolute atomic E-state index is 0.237. The van der Waals surface area contributed by atoms with Crippen molar-refractivity contribution in [1.82, 2.24) is 14.3 Å². The molecule has 0 radical (unpaired) electrons. The van der Waals surface area contributed by atoms with E-state index in [1.807, 2.05) is 24.3 Å². The summed E-state index contributed by atoms with van der Waals surface area (Å²) in [7, 11) is -3.62. The van der Waals surface area contributed by atoms with Gasteiger partial charge in [-0.2, -0.15) is 4.31 Å². The predicted molar refractivity (Wildman–Crippen MR) is 104 cm³/mol. The summed E-state index contributed by atoms with van der Waals surface area (Å²) in [5.74, 6) is 0.400. The van der Waals surface area contributed by atoms with Crippen LogP contribution in [0.2, 0.25) is 5.02 Å². The number of fused-ring (bicyclic) bond motifs is 1. The van der Waals surface area contributed by atoms with E-state index in [9.17, 15) is 8.42 Å². The topological polar surface area (TPSA) is 72.4 Å². The lowest BCUT2D eigenvalue weighted by atomic mass is 10.2. The van der Waals surface area contributed by atoms with E-state index in [4.69, 9.17) is 16.3 Å². The maximum atomic E-state index is 13.0. The Hall–Kier alpha value is -2.22. The van der Waals surface area contributed by atoms with Crippen LogP contribution in [0, 0.1) is 6.92 Å². The predicted octanol–water partition coefficient (Wildman–Crippen LogP) is 3.43. The fraction of sp³-hybridized carbons (Fsp3) is 0.263.